The Balaban J connectivity index is 1.68. The molecule has 0 radical (unpaired) electrons. The maximum Gasteiger partial charge on any atom is 0.150 e. The number of piperazine rings is 1. The number of ether oxygens (including phenoxy) is 2. The second-order valence-corrected chi connectivity index (χ2v) is 6.97. The first-order valence-electron chi connectivity index (χ1n) is 9.34. The van der Waals surface area contributed by atoms with Crippen molar-refractivity contribution >= 4 is 12.0 Å². The lowest BCUT2D eigenvalue weighted by Crippen LogP contribution is -2.47. The second kappa shape index (κ2) is 8.44. The van der Waals surface area contributed by atoms with Crippen LogP contribution in [0.4, 0.5) is 5.69 Å². The van der Waals surface area contributed by atoms with Crippen LogP contribution in [0.25, 0.3) is 0 Å². The van der Waals surface area contributed by atoms with E-state index in [9.17, 15) is 4.79 Å². The number of aryl methyl sites for hydroxylation is 1. The molecular weight excluding hydrogens is 340 g/mol. The summed E-state index contributed by atoms with van der Waals surface area (Å²) in [6.45, 7) is 8.09. The number of carbonyl (C=O) groups excluding carboxylic acids is 1. The first-order valence-corrected chi connectivity index (χ1v) is 9.34. The number of carbonyl (C=O) groups is 1. The molecule has 1 atom stereocenters. The maximum atomic E-state index is 11.0. The minimum Gasteiger partial charge on any atom is -0.497 e. The van der Waals surface area contributed by atoms with Crippen molar-refractivity contribution < 1.29 is 14.3 Å². The van der Waals surface area contributed by atoms with Crippen molar-refractivity contribution in [2.75, 3.05) is 45.3 Å². The molecule has 0 saturated carbocycles. The largest absolute Gasteiger partial charge is 0.497 e. The zero-order valence-electron chi connectivity index (χ0n) is 16.6. The Kier molecular flexibility index (Phi) is 6.01. The van der Waals surface area contributed by atoms with Crippen LogP contribution in [0, 0.1) is 6.92 Å². The van der Waals surface area contributed by atoms with Crippen LogP contribution in [0.3, 0.4) is 0 Å². The molecule has 144 valence electrons. The van der Waals surface area contributed by atoms with E-state index in [-0.39, 0.29) is 6.04 Å². The molecule has 2 aromatic rings. The normalized spacial score (nSPS) is 16.1. The van der Waals surface area contributed by atoms with Gasteiger partial charge in [0.1, 0.15) is 17.8 Å². The summed E-state index contributed by atoms with van der Waals surface area (Å²) in [4.78, 5) is 15.9. The Morgan fingerprint density at radius 1 is 1.00 bits per heavy atom. The average molecular weight is 368 g/mol. The molecule has 0 spiro atoms. The third kappa shape index (κ3) is 4.08. The zero-order valence-corrected chi connectivity index (χ0v) is 16.6. The molecular formula is C22H28N2O3. The van der Waals surface area contributed by atoms with E-state index in [1.807, 2.05) is 31.2 Å². The molecule has 27 heavy (non-hydrogen) atoms. The molecule has 0 bridgehead atoms. The molecule has 5 nitrogen and oxygen atoms in total. The molecule has 1 fully saturated rings. The second-order valence-electron chi connectivity index (χ2n) is 6.97. The summed E-state index contributed by atoms with van der Waals surface area (Å²) < 4.78 is 10.9. The van der Waals surface area contributed by atoms with Crippen LogP contribution < -0.4 is 14.4 Å². The maximum absolute atomic E-state index is 11.0. The van der Waals surface area contributed by atoms with Gasteiger partial charge in [-0.05, 0) is 43.7 Å². The molecule has 0 amide bonds. The predicted molar refractivity (Wildman–Crippen MR) is 108 cm³/mol. The van der Waals surface area contributed by atoms with Crippen LogP contribution in [0.5, 0.6) is 11.5 Å². The van der Waals surface area contributed by atoms with Crippen molar-refractivity contribution in [2.45, 2.75) is 19.9 Å². The lowest BCUT2D eigenvalue weighted by atomic mass is 10.0. The van der Waals surface area contributed by atoms with Crippen molar-refractivity contribution in [1.82, 2.24) is 4.90 Å². The molecule has 5 heteroatoms. The summed E-state index contributed by atoms with van der Waals surface area (Å²) in [7, 11) is 3.37. The van der Waals surface area contributed by atoms with Gasteiger partial charge in [0, 0.05) is 55.1 Å². The van der Waals surface area contributed by atoms with Crippen LogP contribution in [-0.4, -0.2) is 51.6 Å². The first-order chi connectivity index (χ1) is 13.1. The number of hydrogen-bond acceptors (Lipinski definition) is 5. The number of aldehydes is 1. The van der Waals surface area contributed by atoms with Gasteiger partial charge in [-0.2, -0.15) is 0 Å². The minimum absolute atomic E-state index is 0.271. The number of rotatable bonds is 6. The van der Waals surface area contributed by atoms with E-state index in [0.29, 0.717) is 0 Å². The summed E-state index contributed by atoms with van der Waals surface area (Å²) in [6, 6.07) is 12.4. The molecule has 2 aromatic carbocycles. The van der Waals surface area contributed by atoms with Gasteiger partial charge in [-0.3, -0.25) is 9.69 Å². The molecule has 3 rings (SSSR count). The fraction of sp³-hybridized carbons (Fsp3) is 0.409. The number of benzene rings is 2. The van der Waals surface area contributed by atoms with Crippen LogP contribution in [0.1, 0.15) is 34.5 Å². The number of methoxy groups -OCH3 is 2. The van der Waals surface area contributed by atoms with E-state index in [4.69, 9.17) is 9.47 Å². The zero-order chi connectivity index (χ0) is 19.4. The number of anilines is 1. The van der Waals surface area contributed by atoms with Crippen molar-refractivity contribution in [1.29, 1.82) is 0 Å². The van der Waals surface area contributed by atoms with Crippen LogP contribution in [-0.2, 0) is 0 Å². The summed E-state index contributed by atoms with van der Waals surface area (Å²) in [5.74, 6) is 1.67. The van der Waals surface area contributed by atoms with E-state index < -0.39 is 0 Å². The van der Waals surface area contributed by atoms with Gasteiger partial charge >= 0.3 is 0 Å². The average Bonchev–Trinajstić information content (AvgIpc) is 2.72. The van der Waals surface area contributed by atoms with Gasteiger partial charge < -0.3 is 14.4 Å². The van der Waals surface area contributed by atoms with Gasteiger partial charge in [0.15, 0.2) is 0 Å². The van der Waals surface area contributed by atoms with Crippen LogP contribution in [0.15, 0.2) is 36.4 Å². The summed E-state index contributed by atoms with van der Waals surface area (Å²) >= 11 is 0. The Morgan fingerprint density at radius 2 is 1.74 bits per heavy atom. The topological polar surface area (TPSA) is 42.0 Å². The minimum atomic E-state index is 0.271. The smallest absolute Gasteiger partial charge is 0.150 e. The van der Waals surface area contributed by atoms with Gasteiger partial charge in [0.25, 0.3) is 0 Å². The van der Waals surface area contributed by atoms with Gasteiger partial charge in [-0.25, -0.2) is 0 Å². The predicted octanol–water partition coefficient (Wildman–Crippen LogP) is 3.71. The van der Waals surface area contributed by atoms with Gasteiger partial charge in [0.2, 0.25) is 0 Å². The molecule has 0 unspecified atom stereocenters. The Labute approximate surface area is 161 Å². The lowest BCUT2D eigenvalue weighted by molar-refractivity contribution is 0.112. The van der Waals surface area contributed by atoms with E-state index in [2.05, 4.69) is 28.9 Å². The fourth-order valence-electron chi connectivity index (χ4n) is 3.72. The number of nitrogens with zero attached hydrogens (tertiary/aromatic N) is 2. The Morgan fingerprint density at radius 3 is 2.33 bits per heavy atom. The summed E-state index contributed by atoms with van der Waals surface area (Å²) in [6.07, 6.45) is 0.918. The fourth-order valence-corrected chi connectivity index (χ4v) is 3.72. The van der Waals surface area contributed by atoms with Crippen molar-refractivity contribution in [2.24, 2.45) is 0 Å². The highest BCUT2D eigenvalue weighted by Crippen LogP contribution is 2.33. The molecule has 0 N–H and O–H groups in total. The van der Waals surface area contributed by atoms with E-state index in [0.717, 1.165) is 55.1 Å². The van der Waals surface area contributed by atoms with E-state index in [1.54, 1.807) is 14.2 Å². The summed E-state index contributed by atoms with van der Waals surface area (Å²) in [5, 5.41) is 0. The van der Waals surface area contributed by atoms with Crippen LogP contribution >= 0.6 is 0 Å². The number of hydrogen-bond donors (Lipinski definition) is 0. The van der Waals surface area contributed by atoms with E-state index >= 15 is 0 Å². The Hall–Kier alpha value is -2.53. The lowest BCUT2D eigenvalue weighted by Gasteiger charge is -2.39. The quantitative estimate of drug-likeness (QED) is 0.727. The van der Waals surface area contributed by atoms with Crippen molar-refractivity contribution in [3.63, 3.8) is 0 Å². The summed E-state index contributed by atoms with van der Waals surface area (Å²) in [5.41, 5.74) is 4.16. The first kappa shape index (κ1) is 19.2. The highest BCUT2D eigenvalue weighted by atomic mass is 16.5. The Bertz CT molecular complexity index is 798. The molecule has 1 saturated heterocycles. The van der Waals surface area contributed by atoms with Gasteiger partial charge in [-0.1, -0.05) is 6.07 Å². The van der Waals surface area contributed by atoms with Crippen LogP contribution in [0.2, 0.25) is 0 Å². The van der Waals surface area contributed by atoms with Gasteiger partial charge in [-0.15, -0.1) is 0 Å². The SMILES string of the molecule is COc1ccc([C@H](C)N2CCN(c3ccc(C=O)c(C)c3)CC2)c(OC)c1. The standard InChI is InChI=1S/C22H28N2O3/c1-16-13-19(6-5-18(16)15-25)24-11-9-23(10-12-24)17(2)21-8-7-20(26-3)14-22(21)27-4/h5-8,13-15,17H,9-12H2,1-4H3/t17-/m0/s1. The highest BCUT2D eigenvalue weighted by molar-refractivity contribution is 5.78. The molecule has 1 aliphatic rings. The van der Waals surface area contributed by atoms with E-state index in [1.165, 1.54) is 11.3 Å². The third-order valence-electron chi connectivity index (χ3n) is 5.50. The molecule has 1 aliphatic heterocycles. The monoisotopic (exact) mass is 368 g/mol. The van der Waals surface area contributed by atoms with Gasteiger partial charge in [0.05, 0.1) is 14.2 Å². The molecule has 0 aliphatic carbocycles. The highest BCUT2D eigenvalue weighted by Gasteiger charge is 2.24. The molecule has 0 aromatic heterocycles. The third-order valence-corrected chi connectivity index (χ3v) is 5.50. The molecule has 1 heterocycles. The van der Waals surface area contributed by atoms with Crippen molar-refractivity contribution in [3.8, 4) is 11.5 Å². The van der Waals surface area contributed by atoms with Crippen molar-refractivity contribution in [3.05, 3.63) is 53.1 Å².